The molecule has 41 heavy (non-hydrogen) atoms. The molecule has 0 bridgehead atoms. The SMILES string of the molecule is CCCCOP(=O)(OCCCC)OCn1cc(-c2cnc(-c3cc(C(=O)OC)c(N)cc3F)c3c(N)noc23)cn1. The monoisotopic (exact) mass is 590 g/mol. The van der Waals surface area contributed by atoms with Gasteiger partial charge >= 0.3 is 13.8 Å². The number of carbonyl (C=O) groups is 1. The second-order valence-corrected chi connectivity index (χ2v) is 10.7. The highest BCUT2D eigenvalue weighted by atomic mass is 31.2. The lowest BCUT2D eigenvalue weighted by Crippen LogP contribution is -2.07. The predicted octanol–water partition coefficient (Wildman–Crippen LogP) is 5.56. The molecule has 0 saturated carbocycles. The van der Waals surface area contributed by atoms with Crippen molar-refractivity contribution in [2.75, 3.05) is 31.8 Å². The van der Waals surface area contributed by atoms with Gasteiger partial charge in [-0.05, 0) is 25.0 Å². The summed E-state index contributed by atoms with van der Waals surface area (Å²) in [5, 5.41) is 8.32. The van der Waals surface area contributed by atoms with Gasteiger partial charge in [0, 0.05) is 34.8 Å². The topological polar surface area (TPSA) is 180 Å². The molecule has 0 amide bonds. The summed E-state index contributed by atoms with van der Waals surface area (Å²) in [4.78, 5) is 16.6. The van der Waals surface area contributed by atoms with Crippen molar-refractivity contribution in [3.05, 3.63) is 42.1 Å². The molecule has 0 aliphatic heterocycles. The molecule has 4 aromatic rings. The second kappa shape index (κ2) is 13.2. The van der Waals surface area contributed by atoms with Crippen LogP contribution in [-0.2, 0) is 29.6 Å². The van der Waals surface area contributed by atoms with Crippen LogP contribution >= 0.6 is 7.82 Å². The molecular weight excluding hydrogens is 558 g/mol. The molecule has 0 unspecified atom stereocenters. The van der Waals surface area contributed by atoms with Gasteiger partial charge in [-0.3, -0.25) is 18.6 Å². The molecule has 4 N–H and O–H groups in total. The Hall–Kier alpha value is -3.84. The highest BCUT2D eigenvalue weighted by Gasteiger charge is 2.27. The number of fused-ring (bicyclic) bond motifs is 1. The number of anilines is 2. The number of methoxy groups -OCH3 is 1. The Morgan fingerprint density at radius 2 is 1.78 bits per heavy atom. The van der Waals surface area contributed by atoms with Gasteiger partial charge in [-0.25, -0.2) is 18.4 Å². The van der Waals surface area contributed by atoms with E-state index in [1.807, 2.05) is 13.8 Å². The summed E-state index contributed by atoms with van der Waals surface area (Å²) in [5.74, 6) is -1.50. The summed E-state index contributed by atoms with van der Waals surface area (Å²) in [7, 11) is -2.61. The van der Waals surface area contributed by atoms with Crippen LogP contribution in [0.5, 0.6) is 0 Å². The van der Waals surface area contributed by atoms with Gasteiger partial charge in [0.1, 0.15) is 5.82 Å². The van der Waals surface area contributed by atoms with E-state index in [0.29, 0.717) is 24.0 Å². The Kier molecular flexibility index (Phi) is 9.71. The molecule has 3 aromatic heterocycles. The van der Waals surface area contributed by atoms with Gasteiger partial charge in [0.2, 0.25) is 0 Å². The minimum absolute atomic E-state index is 0.0335. The number of nitrogens with two attached hydrogens (primary N) is 2. The van der Waals surface area contributed by atoms with Crippen molar-refractivity contribution in [1.29, 1.82) is 0 Å². The van der Waals surface area contributed by atoms with E-state index in [0.717, 1.165) is 18.9 Å². The minimum Gasteiger partial charge on any atom is -0.465 e. The summed E-state index contributed by atoms with van der Waals surface area (Å²) in [6.07, 6.45) is 7.70. The summed E-state index contributed by atoms with van der Waals surface area (Å²) in [6.45, 7) is 4.25. The van der Waals surface area contributed by atoms with Crippen molar-refractivity contribution >= 4 is 36.3 Å². The van der Waals surface area contributed by atoms with Crippen LogP contribution in [0.25, 0.3) is 33.4 Å². The van der Waals surface area contributed by atoms with Gasteiger partial charge in [0.05, 0.1) is 43.2 Å². The number of halogens is 1. The van der Waals surface area contributed by atoms with Gasteiger partial charge in [0.15, 0.2) is 18.1 Å². The predicted molar refractivity (Wildman–Crippen MR) is 149 cm³/mol. The van der Waals surface area contributed by atoms with E-state index in [2.05, 4.69) is 15.2 Å². The maximum absolute atomic E-state index is 15.0. The zero-order valence-corrected chi connectivity index (χ0v) is 23.9. The Morgan fingerprint density at radius 3 is 2.44 bits per heavy atom. The smallest absolute Gasteiger partial charge is 0.465 e. The van der Waals surface area contributed by atoms with Crippen molar-refractivity contribution in [1.82, 2.24) is 19.9 Å². The number of nitrogens with zero attached hydrogens (tertiary/aromatic N) is 4. The van der Waals surface area contributed by atoms with Crippen LogP contribution in [0.3, 0.4) is 0 Å². The zero-order chi connectivity index (χ0) is 29.6. The number of phosphoric ester groups is 1. The van der Waals surface area contributed by atoms with E-state index < -0.39 is 19.6 Å². The Balaban J connectivity index is 1.63. The Morgan fingerprint density at radius 1 is 1.07 bits per heavy atom. The minimum atomic E-state index is -3.80. The molecule has 13 nitrogen and oxygen atoms in total. The van der Waals surface area contributed by atoms with E-state index in [-0.39, 0.29) is 59.2 Å². The molecule has 0 atom stereocenters. The van der Waals surface area contributed by atoms with E-state index in [1.165, 1.54) is 30.3 Å². The Labute approximate surface area is 235 Å². The summed E-state index contributed by atoms with van der Waals surface area (Å²) in [5.41, 5.74) is 13.0. The third-order valence-electron chi connectivity index (χ3n) is 6.11. The molecule has 3 heterocycles. The van der Waals surface area contributed by atoms with Gasteiger partial charge in [0.25, 0.3) is 0 Å². The van der Waals surface area contributed by atoms with E-state index in [4.69, 9.17) is 34.3 Å². The fourth-order valence-electron chi connectivity index (χ4n) is 3.89. The number of hydrogen-bond acceptors (Lipinski definition) is 12. The Bertz CT molecular complexity index is 1560. The molecule has 220 valence electrons. The molecule has 0 saturated heterocycles. The average molecular weight is 591 g/mol. The molecular formula is C26H32FN6O7P. The van der Waals surface area contributed by atoms with Gasteiger partial charge in [-0.1, -0.05) is 31.8 Å². The number of pyridine rings is 1. The van der Waals surface area contributed by atoms with E-state index in [9.17, 15) is 9.36 Å². The number of benzene rings is 1. The third kappa shape index (κ3) is 6.73. The van der Waals surface area contributed by atoms with Crippen LogP contribution in [0.15, 0.2) is 35.2 Å². The van der Waals surface area contributed by atoms with Gasteiger partial charge in [-0.15, -0.1) is 0 Å². The first-order valence-electron chi connectivity index (χ1n) is 13.0. The number of phosphoric acid groups is 1. The van der Waals surface area contributed by atoms with Crippen LogP contribution < -0.4 is 11.5 Å². The van der Waals surface area contributed by atoms with Crippen molar-refractivity contribution in [2.24, 2.45) is 0 Å². The molecule has 0 fully saturated rings. The summed E-state index contributed by atoms with van der Waals surface area (Å²) < 4.78 is 56.2. The standard InChI is InChI=1S/C26H32FN6O7P/c1-4-6-8-37-41(35,38-9-7-5-2)39-15-33-14-16(12-31-33)19-13-30-23(22-24(19)40-32-25(22)29)17-10-18(26(34)36-3)21(28)11-20(17)27/h10-14H,4-9,15,28H2,1-3H3,(H2,29,32). The first-order valence-corrected chi connectivity index (χ1v) is 14.4. The van der Waals surface area contributed by atoms with E-state index >= 15 is 4.39 Å². The second-order valence-electron chi connectivity index (χ2n) is 9.05. The number of aromatic nitrogens is 4. The van der Waals surface area contributed by atoms with Crippen molar-refractivity contribution in [2.45, 2.75) is 46.3 Å². The quantitative estimate of drug-likeness (QED) is 0.0809. The summed E-state index contributed by atoms with van der Waals surface area (Å²) >= 11 is 0. The van der Waals surface area contributed by atoms with Gasteiger partial charge < -0.3 is 20.7 Å². The maximum atomic E-state index is 15.0. The number of hydrogen-bond donors (Lipinski definition) is 2. The van der Waals surface area contributed by atoms with Crippen molar-refractivity contribution < 1.29 is 36.6 Å². The highest BCUT2D eigenvalue weighted by Crippen LogP contribution is 2.50. The molecule has 4 rings (SSSR count). The lowest BCUT2D eigenvalue weighted by molar-refractivity contribution is 0.0601. The first-order chi connectivity index (χ1) is 19.7. The van der Waals surface area contributed by atoms with Crippen LogP contribution in [0.2, 0.25) is 0 Å². The van der Waals surface area contributed by atoms with Crippen LogP contribution in [0.1, 0.15) is 49.9 Å². The lowest BCUT2D eigenvalue weighted by Gasteiger charge is -2.17. The van der Waals surface area contributed by atoms with Crippen molar-refractivity contribution in [3.63, 3.8) is 0 Å². The molecule has 1 aromatic carbocycles. The number of rotatable bonds is 14. The van der Waals surface area contributed by atoms with Crippen LogP contribution in [0.4, 0.5) is 15.9 Å². The highest BCUT2D eigenvalue weighted by molar-refractivity contribution is 7.48. The molecule has 0 radical (unpaired) electrons. The number of nitrogen functional groups attached to an aromatic ring is 2. The number of unbranched alkanes of at least 4 members (excludes halogenated alkanes) is 2. The van der Waals surface area contributed by atoms with Crippen LogP contribution in [-0.4, -0.2) is 46.2 Å². The summed E-state index contributed by atoms with van der Waals surface area (Å²) in [6, 6.07) is 2.25. The number of esters is 1. The fourth-order valence-corrected chi connectivity index (χ4v) is 5.08. The first kappa shape index (κ1) is 30.1. The zero-order valence-electron chi connectivity index (χ0n) is 23.0. The fraction of sp³-hybridized carbons (Fsp3) is 0.385. The van der Waals surface area contributed by atoms with E-state index in [1.54, 1.807) is 6.20 Å². The third-order valence-corrected chi connectivity index (χ3v) is 7.54. The van der Waals surface area contributed by atoms with Gasteiger partial charge in [-0.2, -0.15) is 5.10 Å². The average Bonchev–Trinajstić information content (AvgIpc) is 3.59. The lowest BCUT2D eigenvalue weighted by atomic mass is 10.0. The number of carbonyl (C=O) groups excluding carboxylic acids is 1. The molecule has 0 aliphatic rings. The van der Waals surface area contributed by atoms with Crippen LogP contribution in [0, 0.1) is 5.82 Å². The molecule has 15 heteroatoms. The van der Waals surface area contributed by atoms with Crippen molar-refractivity contribution in [3.8, 4) is 22.4 Å². The molecule has 0 spiro atoms. The normalized spacial score (nSPS) is 11.8. The molecule has 0 aliphatic carbocycles. The largest absolute Gasteiger partial charge is 0.476 e. The maximum Gasteiger partial charge on any atom is 0.476 e. The number of ether oxygens (including phenoxy) is 1.